The number of anilines is 1. The molecule has 5 rings (SSSR count). The lowest BCUT2D eigenvalue weighted by Crippen LogP contribution is -2.35. The van der Waals surface area contributed by atoms with E-state index in [1.54, 1.807) is 6.33 Å². The van der Waals surface area contributed by atoms with Crippen molar-refractivity contribution in [1.29, 1.82) is 0 Å². The van der Waals surface area contributed by atoms with Gasteiger partial charge in [0.2, 0.25) is 0 Å². The molecule has 0 N–H and O–H groups in total. The van der Waals surface area contributed by atoms with Gasteiger partial charge in [-0.1, -0.05) is 25.1 Å². The third-order valence-corrected chi connectivity index (χ3v) is 5.20. The van der Waals surface area contributed by atoms with E-state index in [9.17, 15) is 0 Å². The van der Waals surface area contributed by atoms with Gasteiger partial charge in [-0.3, -0.25) is 0 Å². The summed E-state index contributed by atoms with van der Waals surface area (Å²) in [4.78, 5) is 11.3. The summed E-state index contributed by atoms with van der Waals surface area (Å²) in [5, 5.41) is 5.75. The Bertz CT molecular complexity index is 1090. The first kappa shape index (κ1) is 14.5. The Balaban J connectivity index is 1.66. The van der Waals surface area contributed by atoms with Gasteiger partial charge in [-0.25, -0.2) is 4.98 Å². The number of nitrogens with zero attached hydrogens (tertiary/aromatic N) is 6. The summed E-state index contributed by atoms with van der Waals surface area (Å²) in [6.45, 7) is 7.05. The third-order valence-electron chi connectivity index (χ3n) is 5.20. The van der Waals surface area contributed by atoms with Crippen molar-refractivity contribution in [3.05, 3.63) is 53.6 Å². The van der Waals surface area contributed by atoms with Crippen molar-refractivity contribution in [2.45, 2.75) is 33.4 Å². The summed E-state index contributed by atoms with van der Waals surface area (Å²) in [5.41, 5.74) is 4.97. The Labute approximate surface area is 145 Å². The topological polar surface area (TPSA) is 51.2 Å². The minimum Gasteiger partial charge on any atom is -0.349 e. The fourth-order valence-electron chi connectivity index (χ4n) is 4.05. The molecule has 0 amide bonds. The number of benzene rings is 1. The Morgan fingerprint density at radius 3 is 2.92 bits per heavy atom. The number of hydrogen-bond acceptors (Lipinski definition) is 4. The van der Waals surface area contributed by atoms with E-state index < -0.39 is 0 Å². The molecule has 25 heavy (non-hydrogen) atoms. The summed E-state index contributed by atoms with van der Waals surface area (Å²) in [6, 6.07) is 10.9. The van der Waals surface area contributed by atoms with Crippen molar-refractivity contribution in [2.24, 2.45) is 0 Å². The van der Waals surface area contributed by atoms with Crippen LogP contribution >= 0.6 is 0 Å². The zero-order chi connectivity index (χ0) is 17.0. The molecule has 0 atom stereocenters. The Morgan fingerprint density at radius 1 is 1.16 bits per heavy atom. The molecule has 6 nitrogen and oxygen atoms in total. The standard InChI is InChI=1S/C19H20N6/c1-3-16-13(2)22-19-20-12-21-25(19)18(16)23-8-9-24-15(11-23)10-14-6-4-5-7-17(14)24/h4-7,10,12H,3,8-9,11H2,1-2H3. The van der Waals surface area contributed by atoms with Crippen molar-refractivity contribution in [1.82, 2.24) is 24.1 Å². The van der Waals surface area contributed by atoms with Gasteiger partial charge in [0.1, 0.15) is 12.1 Å². The highest BCUT2D eigenvalue weighted by Gasteiger charge is 2.24. The maximum Gasteiger partial charge on any atom is 0.254 e. The normalized spacial score (nSPS) is 14.4. The van der Waals surface area contributed by atoms with Crippen LogP contribution in [0.15, 0.2) is 36.7 Å². The van der Waals surface area contributed by atoms with Gasteiger partial charge >= 0.3 is 0 Å². The van der Waals surface area contributed by atoms with Crippen LogP contribution in [0.3, 0.4) is 0 Å². The molecule has 4 aromatic rings. The quantitative estimate of drug-likeness (QED) is 0.566. The molecule has 0 unspecified atom stereocenters. The van der Waals surface area contributed by atoms with Gasteiger partial charge in [0.25, 0.3) is 5.78 Å². The van der Waals surface area contributed by atoms with Gasteiger partial charge in [-0.2, -0.15) is 14.6 Å². The molecule has 0 saturated heterocycles. The first-order valence-electron chi connectivity index (χ1n) is 8.77. The van der Waals surface area contributed by atoms with Crippen LogP contribution in [0.1, 0.15) is 23.9 Å². The van der Waals surface area contributed by atoms with Crippen LogP contribution in [0.5, 0.6) is 0 Å². The summed E-state index contributed by atoms with van der Waals surface area (Å²) in [7, 11) is 0. The van der Waals surface area contributed by atoms with E-state index in [1.165, 1.54) is 22.2 Å². The maximum absolute atomic E-state index is 4.60. The van der Waals surface area contributed by atoms with Crippen LogP contribution in [0, 0.1) is 6.92 Å². The largest absolute Gasteiger partial charge is 0.349 e. The molecule has 4 heterocycles. The zero-order valence-corrected chi connectivity index (χ0v) is 14.5. The van der Waals surface area contributed by atoms with E-state index in [1.807, 2.05) is 4.52 Å². The highest BCUT2D eigenvalue weighted by molar-refractivity contribution is 5.81. The molecule has 0 saturated carbocycles. The van der Waals surface area contributed by atoms with E-state index in [4.69, 9.17) is 0 Å². The number of aryl methyl sites for hydroxylation is 1. The molecule has 0 fully saturated rings. The molecule has 1 aliphatic rings. The first-order valence-corrected chi connectivity index (χ1v) is 8.77. The van der Waals surface area contributed by atoms with Gasteiger partial charge in [-0.15, -0.1) is 0 Å². The molecule has 126 valence electrons. The summed E-state index contributed by atoms with van der Waals surface area (Å²) in [5.74, 6) is 1.81. The molecule has 6 heteroatoms. The lowest BCUT2D eigenvalue weighted by molar-refractivity contribution is 0.573. The molecule has 1 aliphatic heterocycles. The molecule has 0 radical (unpaired) electrons. The van der Waals surface area contributed by atoms with Crippen LogP contribution in [-0.4, -0.2) is 30.7 Å². The Morgan fingerprint density at radius 2 is 2.04 bits per heavy atom. The number of aromatic nitrogens is 5. The smallest absolute Gasteiger partial charge is 0.254 e. The summed E-state index contributed by atoms with van der Waals surface area (Å²) < 4.78 is 4.33. The summed E-state index contributed by atoms with van der Waals surface area (Å²) in [6.07, 6.45) is 2.52. The second-order valence-electron chi connectivity index (χ2n) is 6.59. The van der Waals surface area contributed by atoms with Gasteiger partial charge in [0, 0.05) is 35.6 Å². The third kappa shape index (κ3) is 2.06. The summed E-state index contributed by atoms with van der Waals surface area (Å²) >= 11 is 0. The second-order valence-corrected chi connectivity index (χ2v) is 6.59. The average molecular weight is 332 g/mol. The van der Waals surface area contributed by atoms with Crippen molar-refractivity contribution in [3.63, 3.8) is 0 Å². The van der Waals surface area contributed by atoms with Gasteiger partial charge in [0.15, 0.2) is 0 Å². The van der Waals surface area contributed by atoms with E-state index >= 15 is 0 Å². The highest BCUT2D eigenvalue weighted by atomic mass is 15.4. The monoisotopic (exact) mass is 332 g/mol. The van der Waals surface area contributed by atoms with Gasteiger partial charge in [-0.05, 0) is 30.9 Å². The number of para-hydroxylation sites is 1. The van der Waals surface area contributed by atoms with Gasteiger partial charge in [0.05, 0.1) is 6.54 Å². The number of fused-ring (bicyclic) bond motifs is 4. The van der Waals surface area contributed by atoms with Crippen LogP contribution < -0.4 is 4.90 Å². The SMILES string of the molecule is CCc1c(C)nc2ncnn2c1N1CCn2c(cc3ccccc32)C1. The Kier molecular flexibility index (Phi) is 3.07. The minimum absolute atomic E-state index is 0.677. The van der Waals surface area contributed by atoms with E-state index in [2.05, 4.69) is 68.7 Å². The van der Waals surface area contributed by atoms with Crippen LogP contribution in [0.2, 0.25) is 0 Å². The van der Waals surface area contributed by atoms with E-state index in [0.29, 0.717) is 5.78 Å². The maximum atomic E-state index is 4.60. The lowest BCUT2D eigenvalue weighted by atomic mass is 10.1. The molecule has 0 aliphatic carbocycles. The number of hydrogen-bond donors (Lipinski definition) is 0. The predicted octanol–water partition coefficient (Wildman–Crippen LogP) is 2.97. The zero-order valence-electron chi connectivity index (χ0n) is 14.5. The number of rotatable bonds is 2. The lowest BCUT2D eigenvalue weighted by Gasteiger charge is -2.32. The van der Waals surface area contributed by atoms with Crippen molar-refractivity contribution < 1.29 is 0 Å². The van der Waals surface area contributed by atoms with Crippen molar-refractivity contribution in [2.75, 3.05) is 11.4 Å². The molecule has 0 spiro atoms. The minimum atomic E-state index is 0.677. The molecule has 0 bridgehead atoms. The first-order chi connectivity index (χ1) is 12.3. The van der Waals surface area contributed by atoms with Crippen LogP contribution in [0.25, 0.3) is 16.7 Å². The highest BCUT2D eigenvalue weighted by Crippen LogP contribution is 2.30. The predicted molar refractivity (Wildman–Crippen MR) is 97.9 cm³/mol. The fourth-order valence-corrected chi connectivity index (χ4v) is 4.05. The average Bonchev–Trinajstić information content (AvgIpc) is 3.23. The fraction of sp³-hybridized carbons (Fsp3) is 0.316. The van der Waals surface area contributed by atoms with E-state index in [-0.39, 0.29) is 0 Å². The van der Waals surface area contributed by atoms with Crippen molar-refractivity contribution >= 4 is 22.5 Å². The van der Waals surface area contributed by atoms with Crippen LogP contribution in [0.4, 0.5) is 5.82 Å². The van der Waals surface area contributed by atoms with Crippen LogP contribution in [-0.2, 0) is 19.5 Å². The molecular weight excluding hydrogens is 312 g/mol. The molecule has 1 aromatic carbocycles. The van der Waals surface area contributed by atoms with Crippen molar-refractivity contribution in [3.8, 4) is 0 Å². The van der Waals surface area contributed by atoms with E-state index in [0.717, 1.165) is 37.6 Å². The molecular formula is C19H20N6. The molecule has 3 aromatic heterocycles. The Hall–Kier alpha value is -2.89. The second kappa shape index (κ2) is 5.31. The van der Waals surface area contributed by atoms with Gasteiger partial charge < -0.3 is 9.47 Å².